The maximum Gasteiger partial charge on any atom is 0.407 e. The van der Waals surface area contributed by atoms with Gasteiger partial charge in [0, 0.05) is 6.04 Å². The summed E-state index contributed by atoms with van der Waals surface area (Å²) in [5, 5.41) is 11.5. The number of nitrogens with one attached hydrogen (secondary N) is 1. The highest BCUT2D eigenvalue weighted by Gasteiger charge is 2.12. The van der Waals surface area contributed by atoms with Crippen LogP contribution in [0.15, 0.2) is 0 Å². The van der Waals surface area contributed by atoms with Crippen LogP contribution >= 0.6 is 0 Å². The highest BCUT2D eigenvalue weighted by atomic mass is 16.5. The first kappa shape index (κ1) is 16.7. The van der Waals surface area contributed by atoms with Gasteiger partial charge in [0.05, 0.1) is 12.5 Å². The van der Waals surface area contributed by atoms with Crippen LogP contribution in [0.5, 0.6) is 0 Å². The number of hydrogen-bond donors (Lipinski definition) is 2. The van der Waals surface area contributed by atoms with Gasteiger partial charge in [-0.2, -0.15) is 0 Å². The summed E-state index contributed by atoms with van der Waals surface area (Å²) >= 11 is 0. The Morgan fingerprint density at radius 2 is 1.78 bits per heavy atom. The maximum atomic E-state index is 11.3. The molecule has 5 heteroatoms. The summed E-state index contributed by atoms with van der Waals surface area (Å²) < 4.78 is 5.00. The van der Waals surface area contributed by atoms with Gasteiger partial charge in [-0.25, -0.2) is 4.79 Å². The molecule has 2 unspecified atom stereocenters. The van der Waals surface area contributed by atoms with Gasteiger partial charge >= 0.3 is 12.1 Å². The molecule has 0 bridgehead atoms. The van der Waals surface area contributed by atoms with E-state index in [1.165, 1.54) is 0 Å². The minimum Gasteiger partial charge on any atom is -0.481 e. The van der Waals surface area contributed by atoms with E-state index >= 15 is 0 Å². The fraction of sp³-hybridized carbons (Fsp3) is 0.846. The van der Waals surface area contributed by atoms with Crippen molar-refractivity contribution in [3.8, 4) is 0 Å². The lowest BCUT2D eigenvalue weighted by molar-refractivity contribution is -0.141. The van der Waals surface area contributed by atoms with Crippen LogP contribution in [0, 0.1) is 11.8 Å². The zero-order valence-electron chi connectivity index (χ0n) is 11.7. The number of carbonyl (C=O) groups excluding carboxylic acids is 1. The van der Waals surface area contributed by atoms with Crippen molar-refractivity contribution in [2.45, 2.75) is 53.0 Å². The molecule has 0 saturated carbocycles. The summed E-state index contributed by atoms with van der Waals surface area (Å²) in [6.07, 6.45) is 1.76. The molecule has 5 nitrogen and oxygen atoms in total. The molecule has 0 aromatic heterocycles. The summed E-state index contributed by atoms with van der Waals surface area (Å²) in [5.41, 5.74) is 0. The first-order valence-corrected chi connectivity index (χ1v) is 6.49. The lowest BCUT2D eigenvalue weighted by atomic mass is 10.0. The van der Waals surface area contributed by atoms with Crippen LogP contribution in [0.4, 0.5) is 4.79 Å². The Hall–Kier alpha value is -1.26. The van der Waals surface area contributed by atoms with E-state index in [4.69, 9.17) is 9.84 Å². The Labute approximate surface area is 109 Å². The van der Waals surface area contributed by atoms with E-state index in [2.05, 4.69) is 5.32 Å². The zero-order chi connectivity index (χ0) is 14.1. The van der Waals surface area contributed by atoms with Gasteiger partial charge in [0.2, 0.25) is 0 Å². The summed E-state index contributed by atoms with van der Waals surface area (Å²) in [7, 11) is 0. The van der Waals surface area contributed by atoms with Crippen LogP contribution in [-0.4, -0.2) is 29.8 Å². The predicted octanol–water partition coefficient (Wildman–Crippen LogP) is 2.65. The Bertz CT molecular complexity index is 266. The van der Waals surface area contributed by atoms with Gasteiger partial charge in [-0.05, 0) is 25.7 Å². The molecule has 0 fully saturated rings. The third-order valence-corrected chi connectivity index (χ3v) is 2.61. The van der Waals surface area contributed by atoms with Crippen LogP contribution < -0.4 is 5.32 Å². The Morgan fingerprint density at radius 3 is 2.28 bits per heavy atom. The minimum atomic E-state index is -0.771. The summed E-state index contributed by atoms with van der Waals surface area (Å²) in [6, 6.07) is 0.00524. The molecular formula is C13H25NO4. The highest BCUT2D eigenvalue weighted by Crippen LogP contribution is 2.09. The Kier molecular flexibility index (Phi) is 8.16. The summed E-state index contributed by atoms with van der Waals surface area (Å²) in [6.45, 7) is 7.95. The lowest BCUT2D eigenvalue weighted by Gasteiger charge is -2.15. The van der Waals surface area contributed by atoms with Crippen LogP contribution in [0.2, 0.25) is 0 Å². The van der Waals surface area contributed by atoms with Gasteiger partial charge in [0.15, 0.2) is 0 Å². The van der Waals surface area contributed by atoms with Gasteiger partial charge in [-0.3, -0.25) is 4.79 Å². The van der Waals surface area contributed by atoms with Crippen molar-refractivity contribution in [2.24, 2.45) is 11.8 Å². The van der Waals surface area contributed by atoms with Gasteiger partial charge in [0.1, 0.15) is 0 Å². The smallest absolute Gasteiger partial charge is 0.407 e. The van der Waals surface area contributed by atoms with Crippen molar-refractivity contribution < 1.29 is 19.4 Å². The average molecular weight is 259 g/mol. The number of amides is 1. The van der Waals surface area contributed by atoms with Crippen LogP contribution in [0.1, 0.15) is 47.0 Å². The van der Waals surface area contributed by atoms with E-state index in [-0.39, 0.29) is 12.0 Å². The second-order valence-electron chi connectivity index (χ2n) is 5.21. The highest BCUT2D eigenvalue weighted by molar-refractivity contribution is 5.69. The van der Waals surface area contributed by atoms with Crippen molar-refractivity contribution in [3.63, 3.8) is 0 Å². The molecule has 0 heterocycles. The second kappa shape index (κ2) is 8.78. The van der Waals surface area contributed by atoms with Crippen LogP contribution in [0.3, 0.4) is 0 Å². The van der Waals surface area contributed by atoms with E-state index < -0.39 is 12.1 Å². The van der Waals surface area contributed by atoms with Crippen molar-refractivity contribution in [1.29, 1.82) is 0 Å². The minimum absolute atomic E-state index is 0.00524. The zero-order valence-corrected chi connectivity index (χ0v) is 11.7. The van der Waals surface area contributed by atoms with E-state index in [0.717, 1.165) is 12.8 Å². The number of carbonyl (C=O) groups is 2. The number of carboxylic acids is 1. The molecule has 0 aromatic rings. The molecule has 2 N–H and O–H groups in total. The molecule has 1 amide bonds. The molecule has 0 aromatic carbocycles. The molecule has 2 atom stereocenters. The molecule has 0 saturated heterocycles. The lowest BCUT2D eigenvalue weighted by Crippen LogP contribution is -2.33. The van der Waals surface area contributed by atoms with Crippen molar-refractivity contribution >= 4 is 12.1 Å². The standard InChI is InChI=1S/C13H25NO4/c1-9(2)8-18-13(17)14-11(4)7-5-6-10(3)12(15)16/h9-11H,5-8H2,1-4H3,(H,14,17)(H,15,16). The van der Waals surface area contributed by atoms with E-state index in [0.29, 0.717) is 18.9 Å². The second-order valence-corrected chi connectivity index (χ2v) is 5.21. The number of carboxylic acid groups (broad SMARTS) is 1. The quantitative estimate of drug-likeness (QED) is 0.702. The molecule has 0 radical (unpaired) electrons. The van der Waals surface area contributed by atoms with Gasteiger partial charge in [-0.1, -0.05) is 27.2 Å². The fourth-order valence-corrected chi connectivity index (χ4v) is 1.41. The SMILES string of the molecule is CC(C)COC(=O)NC(C)CCCC(C)C(=O)O. The van der Waals surface area contributed by atoms with E-state index in [1.807, 2.05) is 20.8 Å². The maximum absolute atomic E-state index is 11.3. The third kappa shape index (κ3) is 8.84. The molecule has 0 rings (SSSR count). The van der Waals surface area contributed by atoms with Crippen molar-refractivity contribution in [1.82, 2.24) is 5.32 Å². The molecular weight excluding hydrogens is 234 g/mol. The average Bonchev–Trinajstić information content (AvgIpc) is 2.25. The number of aliphatic carboxylic acids is 1. The molecule has 0 aliphatic carbocycles. The summed E-state index contributed by atoms with van der Waals surface area (Å²) in [5.74, 6) is -0.778. The molecule has 0 aliphatic rings. The number of rotatable bonds is 8. The topological polar surface area (TPSA) is 75.6 Å². The number of hydrogen-bond acceptors (Lipinski definition) is 3. The van der Waals surface area contributed by atoms with E-state index in [1.54, 1.807) is 6.92 Å². The monoisotopic (exact) mass is 259 g/mol. The Balaban J connectivity index is 3.67. The van der Waals surface area contributed by atoms with Crippen molar-refractivity contribution in [2.75, 3.05) is 6.61 Å². The largest absolute Gasteiger partial charge is 0.481 e. The molecule has 0 spiro atoms. The van der Waals surface area contributed by atoms with Crippen LogP contribution in [-0.2, 0) is 9.53 Å². The fourth-order valence-electron chi connectivity index (χ4n) is 1.41. The van der Waals surface area contributed by atoms with E-state index in [9.17, 15) is 9.59 Å². The normalized spacial score (nSPS) is 14.1. The third-order valence-electron chi connectivity index (χ3n) is 2.61. The van der Waals surface area contributed by atoms with Crippen LogP contribution in [0.25, 0.3) is 0 Å². The summed E-state index contributed by atoms with van der Waals surface area (Å²) in [4.78, 5) is 21.9. The molecule has 106 valence electrons. The number of ether oxygens (including phenoxy) is 1. The van der Waals surface area contributed by atoms with Gasteiger partial charge in [0.25, 0.3) is 0 Å². The first-order valence-electron chi connectivity index (χ1n) is 6.49. The predicted molar refractivity (Wildman–Crippen MR) is 69.4 cm³/mol. The molecule has 18 heavy (non-hydrogen) atoms. The van der Waals surface area contributed by atoms with Gasteiger partial charge in [-0.15, -0.1) is 0 Å². The Morgan fingerprint density at radius 1 is 1.17 bits per heavy atom. The number of alkyl carbamates (subject to hydrolysis) is 1. The molecule has 0 aliphatic heterocycles. The van der Waals surface area contributed by atoms with Gasteiger partial charge < -0.3 is 15.2 Å². The first-order chi connectivity index (χ1) is 8.32. The van der Waals surface area contributed by atoms with Crippen molar-refractivity contribution in [3.05, 3.63) is 0 Å².